The summed E-state index contributed by atoms with van der Waals surface area (Å²) in [5.41, 5.74) is 11.8. The van der Waals surface area contributed by atoms with E-state index in [9.17, 15) is 4.79 Å². The van der Waals surface area contributed by atoms with E-state index in [-0.39, 0.29) is 0 Å². The third-order valence-corrected chi connectivity index (χ3v) is 8.02. The normalized spacial score (nSPS) is 15.2. The van der Waals surface area contributed by atoms with Gasteiger partial charge in [0.05, 0.1) is 15.7 Å². The fraction of sp³-hybridized carbons (Fsp3) is 0.444. The number of aryl methyl sites for hydroxylation is 1. The zero-order chi connectivity index (χ0) is 24.2. The maximum atomic E-state index is 10.5. The first-order chi connectivity index (χ1) is 17.2. The molecule has 3 aromatic heterocycles. The molecule has 1 aliphatic rings. The molecular weight excluding hydrogens is 456 g/mol. The van der Waals surface area contributed by atoms with Crippen LogP contribution in [0.1, 0.15) is 49.6 Å². The zero-order valence-corrected chi connectivity index (χ0v) is 21.2. The van der Waals surface area contributed by atoms with Crippen LogP contribution in [0.4, 0.5) is 5.82 Å². The fourth-order valence-corrected chi connectivity index (χ4v) is 5.99. The van der Waals surface area contributed by atoms with Gasteiger partial charge in [0, 0.05) is 26.1 Å². The van der Waals surface area contributed by atoms with Crippen LogP contribution in [0.15, 0.2) is 35.7 Å². The number of aromatic nitrogens is 3. The van der Waals surface area contributed by atoms with Gasteiger partial charge in [-0.2, -0.15) is 0 Å². The Morgan fingerprint density at radius 2 is 1.86 bits per heavy atom. The maximum absolute atomic E-state index is 10.5. The van der Waals surface area contributed by atoms with Crippen LogP contribution in [0.25, 0.3) is 21.3 Å². The van der Waals surface area contributed by atoms with Crippen molar-refractivity contribution < 1.29 is 4.79 Å². The standard InChI is InChI=1S/C27H34N6OS/c1-2-3-4-23-31-24-25(26-22(11-14-35-26)30-27(24)28)33(23)17-21-7-5-20(6-8-21)16-32-12-9-19(10-13-32)15-29-18-34/h5-8,11,14,18-19H,2-4,9-10,12-13,15-17H2,1H3,(H2,28,30)(H,29,34). The smallest absolute Gasteiger partial charge is 0.207 e. The molecule has 7 nitrogen and oxygen atoms in total. The topological polar surface area (TPSA) is 89.1 Å². The number of imidazole rings is 1. The van der Waals surface area contributed by atoms with Gasteiger partial charge in [0.25, 0.3) is 0 Å². The number of hydrogen-bond acceptors (Lipinski definition) is 6. The Balaban J connectivity index is 1.33. The number of likely N-dealkylation sites (tertiary alicyclic amines) is 1. The van der Waals surface area contributed by atoms with E-state index in [1.54, 1.807) is 11.3 Å². The highest BCUT2D eigenvalue weighted by molar-refractivity contribution is 7.18. The number of piperidine rings is 1. The summed E-state index contributed by atoms with van der Waals surface area (Å²) in [7, 11) is 0. The van der Waals surface area contributed by atoms with Crippen LogP contribution < -0.4 is 11.1 Å². The maximum Gasteiger partial charge on any atom is 0.207 e. The van der Waals surface area contributed by atoms with Gasteiger partial charge in [0.15, 0.2) is 5.82 Å². The Morgan fingerprint density at radius 3 is 2.57 bits per heavy atom. The SMILES string of the molecule is CCCCc1nc2c(N)nc3ccsc3c2n1Cc1ccc(CN2CCC(CNC=O)CC2)cc1. The van der Waals surface area contributed by atoms with E-state index in [1.807, 2.05) is 6.07 Å². The molecule has 4 heterocycles. The Hall–Kier alpha value is -2.97. The fourth-order valence-electron chi connectivity index (χ4n) is 5.11. The predicted molar refractivity (Wildman–Crippen MR) is 144 cm³/mol. The number of nitrogens with one attached hydrogen (secondary N) is 1. The van der Waals surface area contributed by atoms with Crippen LogP contribution in [0, 0.1) is 5.92 Å². The summed E-state index contributed by atoms with van der Waals surface area (Å²) < 4.78 is 3.52. The van der Waals surface area contributed by atoms with Crippen LogP contribution in [-0.2, 0) is 24.3 Å². The number of nitrogen functional groups attached to an aromatic ring is 1. The molecule has 0 saturated carbocycles. The van der Waals surface area contributed by atoms with Crippen molar-refractivity contribution in [2.45, 2.75) is 52.1 Å². The molecule has 1 fully saturated rings. The molecule has 1 aliphatic heterocycles. The second-order valence-electron chi connectivity index (χ2n) is 9.61. The van der Waals surface area contributed by atoms with Crippen molar-refractivity contribution in [3.8, 4) is 0 Å². The number of amides is 1. The number of nitrogens with zero attached hydrogens (tertiary/aromatic N) is 4. The number of carbonyl (C=O) groups excluding carboxylic acids is 1. The van der Waals surface area contributed by atoms with E-state index in [2.05, 4.69) is 56.3 Å². The number of carbonyl (C=O) groups is 1. The summed E-state index contributed by atoms with van der Waals surface area (Å²) in [6, 6.07) is 11.1. The minimum absolute atomic E-state index is 0.517. The van der Waals surface area contributed by atoms with Gasteiger partial charge in [-0.3, -0.25) is 9.69 Å². The highest BCUT2D eigenvalue weighted by Gasteiger charge is 2.20. The highest BCUT2D eigenvalue weighted by atomic mass is 32.1. The van der Waals surface area contributed by atoms with Gasteiger partial charge in [-0.25, -0.2) is 9.97 Å². The number of fused-ring (bicyclic) bond motifs is 3. The molecule has 0 aliphatic carbocycles. The Bertz CT molecular complexity index is 1290. The first-order valence-electron chi connectivity index (χ1n) is 12.6. The van der Waals surface area contributed by atoms with Gasteiger partial charge in [-0.15, -0.1) is 11.3 Å². The number of benzene rings is 1. The van der Waals surface area contributed by atoms with E-state index in [0.29, 0.717) is 11.7 Å². The lowest BCUT2D eigenvalue weighted by molar-refractivity contribution is -0.109. The van der Waals surface area contributed by atoms with Crippen molar-refractivity contribution >= 4 is 44.8 Å². The van der Waals surface area contributed by atoms with Gasteiger partial charge in [0.2, 0.25) is 6.41 Å². The Labute approximate surface area is 210 Å². The van der Waals surface area contributed by atoms with E-state index in [0.717, 1.165) is 98.3 Å². The number of nitrogens with two attached hydrogens (primary N) is 1. The monoisotopic (exact) mass is 490 g/mol. The molecule has 184 valence electrons. The first kappa shape index (κ1) is 23.8. The van der Waals surface area contributed by atoms with E-state index >= 15 is 0 Å². The Kier molecular flexibility index (Phi) is 7.29. The predicted octanol–water partition coefficient (Wildman–Crippen LogP) is 4.58. The van der Waals surface area contributed by atoms with Crippen LogP contribution in [0.5, 0.6) is 0 Å². The van der Waals surface area contributed by atoms with Crippen molar-refractivity contribution in [2.75, 3.05) is 25.4 Å². The zero-order valence-electron chi connectivity index (χ0n) is 20.4. The largest absolute Gasteiger partial charge is 0.382 e. The van der Waals surface area contributed by atoms with E-state index in [1.165, 1.54) is 11.1 Å². The summed E-state index contributed by atoms with van der Waals surface area (Å²) in [5, 5.41) is 4.91. The minimum atomic E-state index is 0.517. The molecule has 5 rings (SSSR count). The van der Waals surface area contributed by atoms with Crippen LogP contribution in [0.3, 0.4) is 0 Å². The molecule has 1 aromatic carbocycles. The lowest BCUT2D eigenvalue weighted by Crippen LogP contribution is -2.36. The van der Waals surface area contributed by atoms with Gasteiger partial charge in [0.1, 0.15) is 11.3 Å². The van der Waals surface area contributed by atoms with Crippen molar-refractivity contribution in [1.82, 2.24) is 24.8 Å². The van der Waals surface area contributed by atoms with E-state index < -0.39 is 0 Å². The second-order valence-corrected chi connectivity index (χ2v) is 10.5. The highest BCUT2D eigenvalue weighted by Crippen LogP contribution is 2.33. The molecule has 8 heteroatoms. The van der Waals surface area contributed by atoms with Crippen molar-refractivity contribution in [2.24, 2.45) is 5.92 Å². The molecule has 1 amide bonds. The first-order valence-corrected chi connectivity index (χ1v) is 13.5. The number of pyridine rings is 1. The molecule has 35 heavy (non-hydrogen) atoms. The second kappa shape index (κ2) is 10.7. The quantitative estimate of drug-likeness (QED) is 0.318. The van der Waals surface area contributed by atoms with Crippen LogP contribution >= 0.6 is 11.3 Å². The van der Waals surface area contributed by atoms with Crippen LogP contribution in [-0.4, -0.2) is 45.5 Å². The average Bonchev–Trinajstić information content (AvgIpc) is 3.48. The molecule has 0 bridgehead atoms. The van der Waals surface area contributed by atoms with Crippen molar-refractivity contribution in [3.05, 3.63) is 52.7 Å². The lowest BCUT2D eigenvalue weighted by atomic mass is 9.96. The number of hydrogen-bond donors (Lipinski definition) is 2. The van der Waals surface area contributed by atoms with Gasteiger partial charge >= 0.3 is 0 Å². The summed E-state index contributed by atoms with van der Waals surface area (Å²) in [6.07, 6.45) is 6.26. The third-order valence-electron chi connectivity index (χ3n) is 7.11. The molecule has 4 aromatic rings. The number of thiophene rings is 1. The summed E-state index contributed by atoms with van der Waals surface area (Å²) in [6.45, 7) is 6.93. The van der Waals surface area contributed by atoms with Gasteiger partial charge < -0.3 is 15.6 Å². The third kappa shape index (κ3) is 5.18. The van der Waals surface area contributed by atoms with Crippen molar-refractivity contribution in [3.63, 3.8) is 0 Å². The number of unbranched alkanes of at least 4 members (excludes halogenated alkanes) is 1. The molecular formula is C27H34N6OS. The van der Waals surface area contributed by atoms with Crippen LogP contribution in [0.2, 0.25) is 0 Å². The Morgan fingerprint density at radius 1 is 1.11 bits per heavy atom. The molecule has 0 unspecified atom stereocenters. The summed E-state index contributed by atoms with van der Waals surface area (Å²) >= 11 is 1.71. The number of rotatable bonds is 10. The van der Waals surface area contributed by atoms with E-state index in [4.69, 9.17) is 10.7 Å². The van der Waals surface area contributed by atoms with Gasteiger partial charge in [-0.1, -0.05) is 37.6 Å². The minimum Gasteiger partial charge on any atom is -0.382 e. The summed E-state index contributed by atoms with van der Waals surface area (Å²) in [4.78, 5) is 22.6. The van der Waals surface area contributed by atoms with Crippen molar-refractivity contribution in [1.29, 1.82) is 0 Å². The molecule has 0 atom stereocenters. The molecule has 0 spiro atoms. The average molecular weight is 491 g/mol. The lowest BCUT2D eigenvalue weighted by Gasteiger charge is -2.31. The molecule has 3 N–H and O–H groups in total. The molecule has 1 saturated heterocycles. The summed E-state index contributed by atoms with van der Waals surface area (Å²) in [5.74, 6) is 2.21. The number of anilines is 1. The molecule has 0 radical (unpaired) electrons. The van der Waals surface area contributed by atoms with Gasteiger partial charge in [-0.05, 0) is 60.8 Å².